The Morgan fingerprint density at radius 3 is 2.76 bits per heavy atom. The van der Waals surface area contributed by atoms with Gasteiger partial charge in [-0.3, -0.25) is 0 Å². The van der Waals surface area contributed by atoms with Crippen LogP contribution in [0.5, 0.6) is 11.5 Å². The first-order chi connectivity index (χ1) is 9.86. The second kappa shape index (κ2) is 5.26. The third-order valence-corrected chi connectivity index (χ3v) is 4.88. The van der Waals surface area contributed by atoms with Gasteiger partial charge in [0.2, 0.25) is 6.79 Å². The first-order valence-corrected chi connectivity index (χ1v) is 8.34. The molecule has 0 spiro atoms. The van der Waals surface area contributed by atoms with Crippen LogP contribution in [0.4, 0.5) is 0 Å². The fraction of sp³-hybridized carbons (Fsp3) is 0.400. The smallest absolute Gasteiger partial charge is 0.231 e. The van der Waals surface area contributed by atoms with E-state index in [1.807, 2.05) is 12.1 Å². The van der Waals surface area contributed by atoms with Crippen LogP contribution in [0.2, 0.25) is 0 Å². The SMILES string of the molecule is CC(C)(C)c1csc(C(N)c2cc(Br)c3c(c2)OCO3)n1. The maximum absolute atomic E-state index is 6.37. The molecule has 3 rings (SSSR count). The Kier molecular flexibility index (Phi) is 3.71. The lowest BCUT2D eigenvalue weighted by atomic mass is 9.93. The van der Waals surface area contributed by atoms with Gasteiger partial charge in [-0.25, -0.2) is 4.98 Å². The van der Waals surface area contributed by atoms with E-state index in [0.717, 1.165) is 32.2 Å². The predicted molar refractivity (Wildman–Crippen MR) is 87.1 cm³/mol. The van der Waals surface area contributed by atoms with E-state index in [2.05, 4.69) is 47.1 Å². The van der Waals surface area contributed by atoms with Crippen LogP contribution in [0, 0.1) is 0 Å². The zero-order valence-corrected chi connectivity index (χ0v) is 14.5. The van der Waals surface area contributed by atoms with Crippen molar-refractivity contribution in [3.63, 3.8) is 0 Å². The molecule has 4 nitrogen and oxygen atoms in total. The number of ether oxygens (including phenoxy) is 2. The van der Waals surface area contributed by atoms with Gasteiger partial charge in [-0.2, -0.15) is 0 Å². The van der Waals surface area contributed by atoms with Gasteiger partial charge in [-0.1, -0.05) is 20.8 Å². The van der Waals surface area contributed by atoms with Gasteiger partial charge >= 0.3 is 0 Å². The highest BCUT2D eigenvalue weighted by Crippen LogP contribution is 2.42. The van der Waals surface area contributed by atoms with Gasteiger partial charge in [-0.05, 0) is 33.6 Å². The van der Waals surface area contributed by atoms with E-state index in [1.165, 1.54) is 0 Å². The Morgan fingerprint density at radius 1 is 1.33 bits per heavy atom. The van der Waals surface area contributed by atoms with Gasteiger partial charge in [0.1, 0.15) is 5.01 Å². The number of halogens is 1. The van der Waals surface area contributed by atoms with Crippen molar-refractivity contribution in [2.45, 2.75) is 32.2 Å². The number of nitrogens with two attached hydrogens (primary N) is 1. The van der Waals surface area contributed by atoms with Crippen molar-refractivity contribution in [2.24, 2.45) is 5.73 Å². The molecule has 0 saturated carbocycles. The Hall–Kier alpha value is -1.11. The summed E-state index contributed by atoms with van der Waals surface area (Å²) < 4.78 is 11.7. The number of rotatable bonds is 2. The van der Waals surface area contributed by atoms with Crippen LogP contribution in [0.15, 0.2) is 22.0 Å². The lowest BCUT2D eigenvalue weighted by Gasteiger charge is -2.15. The summed E-state index contributed by atoms with van der Waals surface area (Å²) >= 11 is 5.09. The van der Waals surface area contributed by atoms with Gasteiger partial charge in [-0.15, -0.1) is 11.3 Å². The summed E-state index contributed by atoms with van der Waals surface area (Å²) in [6.07, 6.45) is 0. The quantitative estimate of drug-likeness (QED) is 0.870. The Labute approximate surface area is 136 Å². The molecule has 6 heteroatoms. The Balaban J connectivity index is 1.94. The number of nitrogens with zero attached hydrogens (tertiary/aromatic N) is 1. The third kappa shape index (κ3) is 2.80. The van der Waals surface area contributed by atoms with Crippen molar-refractivity contribution < 1.29 is 9.47 Å². The molecule has 2 heterocycles. The molecule has 1 aromatic heterocycles. The van der Waals surface area contributed by atoms with Gasteiger partial charge in [0.15, 0.2) is 11.5 Å². The summed E-state index contributed by atoms with van der Waals surface area (Å²) in [5.41, 5.74) is 8.42. The predicted octanol–water partition coefficient (Wildman–Crippen LogP) is 3.98. The molecule has 1 aliphatic heterocycles. The van der Waals surface area contributed by atoms with E-state index < -0.39 is 0 Å². The second-order valence-electron chi connectivity index (χ2n) is 6.04. The molecule has 2 aromatic rings. The maximum atomic E-state index is 6.37. The topological polar surface area (TPSA) is 57.4 Å². The zero-order valence-electron chi connectivity index (χ0n) is 12.1. The molecular weight excluding hydrogens is 352 g/mol. The van der Waals surface area contributed by atoms with E-state index in [0.29, 0.717) is 0 Å². The first kappa shape index (κ1) is 14.8. The highest BCUT2D eigenvalue weighted by atomic mass is 79.9. The molecule has 2 N–H and O–H groups in total. The Morgan fingerprint density at radius 2 is 2.10 bits per heavy atom. The van der Waals surface area contributed by atoms with Crippen LogP contribution in [0.25, 0.3) is 0 Å². The van der Waals surface area contributed by atoms with E-state index >= 15 is 0 Å². The second-order valence-corrected chi connectivity index (χ2v) is 7.78. The average Bonchev–Trinajstić information content (AvgIpc) is 3.05. The standard InChI is InChI=1S/C15H17BrN2O2S/c1-15(2,3)11-6-21-14(18-11)12(17)8-4-9(16)13-10(5-8)19-7-20-13/h4-6,12H,7,17H2,1-3H3. The summed E-state index contributed by atoms with van der Waals surface area (Å²) in [6, 6.07) is 3.63. The molecular formula is C15H17BrN2O2S. The van der Waals surface area contributed by atoms with Crippen LogP contribution < -0.4 is 15.2 Å². The lowest BCUT2D eigenvalue weighted by molar-refractivity contribution is 0.173. The number of aromatic nitrogens is 1. The molecule has 1 aromatic carbocycles. The van der Waals surface area contributed by atoms with Crippen molar-refractivity contribution in [1.29, 1.82) is 0 Å². The molecule has 0 radical (unpaired) electrons. The van der Waals surface area contributed by atoms with Gasteiger partial charge in [0, 0.05) is 10.8 Å². The van der Waals surface area contributed by atoms with Crippen molar-refractivity contribution in [1.82, 2.24) is 4.98 Å². The van der Waals surface area contributed by atoms with Crippen molar-refractivity contribution in [2.75, 3.05) is 6.79 Å². The number of benzene rings is 1. The molecule has 112 valence electrons. The largest absolute Gasteiger partial charge is 0.454 e. The summed E-state index contributed by atoms with van der Waals surface area (Å²) in [7, 11) is 0. The van der Waals surface area contributed by atoms with Crippen LogP contribution in [-0.4, -0.2) is 11.8 Å². The van der Waals surface area contributed by atoms with E-state index in [9.17, 15) is 0 Å². The fourth-order valence-electron chi connectivity index (χ4n) is 2.08. The number of hydrogen-bond donors (Lipinski definition) is 1. The number of fused-ring (bicyclic) bond motifs is 1. The summed E-state index contributed by atoms with van der Waals surface area (Å²) in [6.45, 7) is 6.69. The minimum Gasteiger partial charge on any atom is -0.454 e. The molecule has 1 aliphatic rings. The minimum atomic E-state index is -0.267. The molecule has 21 heavy (non-hydrogen) atoms. The highest BCUT2D eigenvalue weighted by Gasteiger charge is 2.24. The molecule has 0 fully saturated rings. The zero-order chi connectivity index (χ0) is 15.2. The van der Waals surface area contributed by atoms with E-state index in [1.54, 1.807) is 11.3 Å². The molecule has 0 bridgehead atoms. The van der Waals surface area contributed by atoms with Crippen LogP contribution in [0.1, 0.15) is 43.1 Å². The summed E-state index contributed by atoms with van der Waals surface area (Å²) in [5, 5.41) is 2.99. The van der Waals surface area contributed by atoms with Crippen molar-refractivity contribution in [3.05, 3.63) is 38.3 Å². The normalized spacial score (nSPS) is 15.3. The average molecular weight is 369 g/mol. The lowest BCUT2D eigenvalue weighted by Crippen LogP contribution is -2.15. The van der Waals surface area contributed by atoms with Gasteiger partial charge in [0.05, 0.1) is 16.2 Å². The highest BCUT2D eigenvalue weighted by molar-refractivity contribution is 9.10. The van der Waals surface area contributed by atoms with Crippen molar-refractivity contribution in [3.8, 4) is 11.5 Å². The molecule has 0 aliphatic carbocycles. The van der Waals surface area contributed by atoms with E-state index in [-0.39, 0.29) is 18.2 Å². The van der Waals surface area contributed by atoms with Gasteiger partial charge in [0.25, 0.3) is 0 Å². The van der Waals surface area contributed by atoms with Gasteiger partial charge < -0.3 is 15.2 Å². The molecule has 1 atom stereocenters. The molecule has 0 saturated heterocycles. The summed E-state index contributed by atoms with van der Waals surface area (Å²) in [4.78, 5) is 4.69. The minimum absolute atomic E-state index is 0.0317. The molecule has 1 unspecified atom stereocenters. The third-order valence-electron chi connectivity index (χ3n) is 3.37. The monoisotopic (exact) mass is 368 g/mol. The number of thiazole rings is 1. The molecule has 0 amide bonds. The fourth-order valence-corrected chi connectivity index (χ4v) is 3.73. The van der Waals surface area contributed by atoms with E-state index in [4.69, 9.17) is 15.2 Å². The maximum Gasteiger partial charge on any atom is 0.231 e. The summed E-state index contributed by atoms with van der Waals surface area (Å²) in [5.74, 6) is 1.46. The number of hydrogen-bond acceptors (Lipinski definition) is 5. The van der Waals surface area contributed by atoms with Crippen LogP contribution in [-0.2, 0) is 5.41 Å². The van der Waals surface area contributed by atoms with Crippen LogP contribution >= 0.6 is 27.3 Å². The first-order valence-electron chi connectivity index (χ1n) is 6.67. The van der Waals surface area contributed by atoms with Crippen molar-refractivity contribution >= 4 is 27.3 Å². The van der Waals surface area contributed by atoms with Crippen LogP contribution in [0.3, 0.4) is 0 Å². The Bertz CT molecular complexity index is 679.